The van der Waals surface area contributed by atoms with E-state index in [9.17, 15) is 4.79 Å². The van der Waals surface area contributed by atoms with Gasteiger partial charge in [-0.2, -0.15) is 0 Å². The van der Waals surface area contributed by atoms with E-state index < -0.39 is 0 Å². The Hall–Kier alpha value is 0.707. The second kappa shape index (κ2) is 3.77. The first kappa shape index (κ1) is 9.71. The summed E-state index contributed by atoms with van der Waals surface area (Å²) in [5.41, 5.74) is 0. The van der Waals surface area contributed by atoms with E-state index in [2.05, 4.69) is 0 Å². The van der Waals surface area contributed by atoms with Crippen LogP contribution in [0.15, 0.2) is 0 Å². The van der Waals surface area contributed by atoms with E-state index in [1.165, 1.54) is 11.9 Å². The summed E-state index contributed by atoms with van der Waals surface area (Å²) >= 11 is 6.98. The quantitative estimate of drug-likeness (QED) is 0.290. The van der Waals surface area contributed by atoms with E-state index in [4.69, 9.17) is 11.6 Å². The van der Waals surface area contributed by atoms with Gasteiger partial charge in [0.05, 0.1) is 6.42 Å². The summed E-state index contributed by atoms with van der Waals surface area (Å²) in [4.78, 5) is 10.6. The fourth-order valence-electron chi connectivity index (χ4n) is 0.533. The average Bonchev–Trinajstić information content (AvgIpc) is 1.85. The molecule has 0 bridgehead atoms. The Labute approximate surface area is 75.6 Å². The molecule has 5 heteroatoms. The molecule has 1 atom stereocenters. The van der Waals surface area contributed by atoms with Crippen molar-refractivity contribution in [3.63, 3.8) is 0 Å². The Balaban J connectivity index is 0.000000640. The number of alkyl halides is 1. The predicted octanol–water partition coefficient (Wildman–Crippen LogP) is 0.413. The molecular formula is C4H7ClLiNOS. The van der Waals surface area contributed by atoms with Crippen LogP contribution in [0.1, 0.15) is 6.42 Å². The molecule has 1 aliphatic heterocycles. The summed E-state index contributed by atoms with van der Waals surface area (Å²) in [6.45, 7) is 0. The molecule has 1 aliphatic rings. The molecule has 2 nitrogen and oxygen atoms in total. The number of hydrogen-bond donors (Lipinski definition) is 0. The number of halogens is 1. The van der Waals surface area contributed by atoms with Crippen LogP contribution < -0.4 is 0 Å². The van der Waals surface area contributed by atoms with Gasteiger partial charge >= 0.3 is 18.9 Å². The molecule has 0 aliphatic carbocycles. The fourth-order valence-corrected chi connectivity index (χ4v) is 1.78. The van der Waals surface area contributed by atoms with E-state index in [0.29, 0.717) is 6.42 Å². The third kappa shape index (κ3) is 2.43. The zero-order valence-corrected chi connectivity index (χ0v) is 6.00. The van der Waals surface area contributed by atoms with Gasteiger partial charge in [0.15, 0.2) is 0 Å². The molecule has 0 spiro atoms. The monoisotopic (exact) mass is 159 g/mol. The SMILES string of the molecule is CN1SC(Cl)CC1=O.[LiH]. The molecule has 1 saturated heterocycles. The van der Waals surface area contributed by atoms with Gasteiger partial charge in [0.1, 0.15) is 4.71 Å². The first-order valence-electron chi connectivity index (χ1n) is 2.27. The van der Waals surface area contributed by atoms with Crippen LogP contribution in [0.25, 0.3) is 0 Å². The summed E-state index contributed by atoms with van der Waals surface area (Å²) < 4.78 is 1.53. The Morgan fingerprint density at radius 1 is 1.89 bits per heavy atom. The molecule has 0 saturated carbocycles. The molecule has 1 amide bonds. The number of amides is 1. The maximum absolute atomic E-state index is 10.6. The zero-order valence-electron chi connectivity index (χ0n) is 4.43. The van der Waals surface area contributed by atoms with Crippen LogP contribution in [0, 0.1) is 0 Å². The molecule has 0 N–H and O–H groups in total. The van der Waals surface area contributed by atoms with Crippen LogP contribution in [0.4, 0.5) is 0 Å². The van der Waals surface area contributed by atoms with Gasteiger partial charge in [0.2, 0.25) is 5.91 Å². The molecule has 0 radical (unpaired) electrons. The minimum atomic E-state index is -0.0347. The number of carbonyl (C=O) groups excluding carboxylic acids is 1. The van der Waals surface area contributed by atoms with Gasteiger partial charge in [-0.3, -0.25) is 9.10 Å². The normalized spacial score (nSPS) is 26.2. The van der Waals surface area contributed by atoms with Crippen LogP contribution in [0.2, 0.25) is 0 Å². The van der Waals surface area contributed by atoms with E-state index in [0.717, 1.165) is 0 Å². The van der Waals surface area contributed by atoms with Gasteiger partial charge in [-0.05, 0) is 11.9 Å². The summed E-state index contributed by atoms with van der Waals surface area (Å²) in [7, 11) is 1.73. The van der Waals surface area contributed by atoms with Crippen molar-refractivity contribution in [3.05, 3.63) is 0 Å². The second-order valence-corrected chi connectivity index (χ2v) is 3.72. The van der Waals surface area contributed by atoms with Crippen molar-refractivity contribution < 1.29 is 4.79 Å². The maximum atomic E-state index is 10.6. The molecule has 0 aromatic heterocycles. The van der Waals surface area contributed by atoms with Crippen molar-refractivity contribution in [3.8, 4) is 0 Å². The number of nitrogens with zero attached hydrogens (tertiary/aromatic N) is 1. The average molecular weight is 160 g/mol. The third-order valence-electron chi connectivity index (χ3n) is 0.959. The van der Waals surface area contributed by atoms with Gasteiger partial charge in [-0.15, -0.1) is 11.6 Å². The molecule has 1 rings (SSSR count). The Bertz CT molecular complexity index is 123. The Morgan fingerprint density at radius 3 is 2.56 bits per heavy atom. The van der Waals surface area contributed by atoms with E-state index in [-0.39, 0.29) is 29.5 Å². The molecule has 1 heterocycles. The van der Waals surface area contributed by atoms with Crippen LogP contribution in [-0.2, 0) is 4.79 Å². The first-order valence-corrected chi connectivity index (χ1v) is 3.55. The van der Waals surface area contributed by atoms with Crippen molar-refractivity contribution in [1.29, 1.82) is 0 Å². The third-order valence-corrected chi connectivity index (χ3v) is 2.27. The molecule has 1 unspecified atom stereocenters. The van der Waals surface area contributed by atoms with Crippen molar-refractivity contribution >= 4 is 48.3 Å². The van der Waals surface area contributed by atoms with Crippen LogP contribution >= 0.6 is 23.5 Å². The molecular weight excluding hydrogens is 153 g/mol. The van der Waals surface area contributed by atoms with Gasteiger partial charge in [-0.25, -0.2) is 0 Å². The van der Waals surface area contributed by atoms with Crippen molar-refractivity contribution in [2.75, 3.05) is 7.05 Å². The number of rotatable bonds is 0. The zero-order chi connectivity index (χ0) is 6.15. The number of carbonyl (C=O) groups is 1. The minimum absolute atomic E-state index is 0. The summed E-state index contributed by atoms with van der Waals surface area (Å²) in [5, 5.41) is 0. The van der Waals surface area contributed by atoms with E-state index in [1.54, 1.807) is 11.4 Å². The van der Waals surface area contributed by atoms with Crippen molar-refractivity contribution in [2.45, 2.75) is 11.1 Å². The summed E-state index contributed by atoms with van der Waals surface area (Å²) in [6, 6.07) is 0. The van der Waals surface area contributed by atoms with Crippen molar-refractivity contribution in [1.82, 2.24) is 4.31 Å². The van der Waals surface area contributed by atoms with Gasteiger partial charge in [0.25, 0.3) is 0 Å². The van der Waals surface area contributed by atoms with Gasteiger partial charge in [-0.1, -0.05) is 0 Å². The molecule has 0 aromatic rings. The van der Waals surface area contributed by atoms with E-state index in [1.807, 2.05) is 0 Å². The summed E-state index contributed by atoms with van der Waals surface area (Å²) in [6.07, 6.45) is 0.475. The Kier molecular flexibility index (Phi) is 4.07. The molecule has 48 valence electrons. The standard InChI is InChI=1S/C4H6ClNOS.Li.H/c1-6-4(7)2-3(5)8-6;;/h3H,2H2,1H3;;. The second-order valence-electron chi connectivity index (χ2n) is 1.61. The predicted molar refractivity (Wildman–Crippen MR) is 41.8 cm³/mol. The molecule has 1 fully saturated rings. The van der Waals surface area contributed by atoms with Crippen LogP contribution in [0.3, 0.4) is 0 Å². The number of hydrogen-bond acceptors (Lipinski definition) is 2. The van der Waals surface area contributed by atoms with Crippen LogP contribution in [0.5, 0.6) is 0 Å². The topological polar surface area (TPSA) is 20.3 Å². The van der Waals surface area contributed by atoms with Gasteiger partial charge < -0.3 is 0 Å². The van der Waals surface area contributed by atoms with Crippen LogP contribution in [-0.4, -0.2) is 40.8 Å². The Morgan fingerprint density at radius 2 is 2.44 bits per heavy atom. The molecule has 9 heavy (non-hydrogen) atoms. The van der Waals surface area contributed by atoms with Gasteiger partial charge in [0, 0.05) is 7.05 Å². The van der Waals surface area contributed by atoms with Crippen molar-refractivity contribution in [2.24, 2.45) is 0 Å². The fraction of sp³-hybridized carbons (Fsp3) is 0.750. The summed E-state index contributed by atoms with van der Waals surface area (Å²) in [5.74, 6) is 0.120. The van der Waals surface area contributed by atoms with E-state index >= 15 is 0 Å². The first-order chi connectivity index (χ1) is 3.70. The molecule has 0 aromatic carbocycles.